The normalized spacial score (nSPS) is 26.8. The number of aliphatic imine (C=N–C) groups is 1. The Morgan fingerprint density at radius 1 is 0.760 bits per heavy atom. The fourth-order valence-corrected chi connectivity index (χ4v) is 5.39. The third kappa shape index (κ3) is 1.97. The maximum atomic E-state index is 8.99. The van der Waals surface area contributed by atoms with Crippen LogP contribution in [0.2, 0.25) is 0 Å². The molecule has 0 aromatic heterocycles. The number of nitrogens with zero attached hydrogens (tertiary/aromatic N) is 1. The first-order valence-electron chi connectivity index (χ1n) is 9.40. The van der Waals surface area contributed by atoms with Gasteiger partial charge in [0, 0.05) is 18.2 Å². The van der Waals surface area contributed by atoms with Gasteiger partial charge in [-0.05, 0) is 85.8 Å². The molecule has 0 aromatic carbocycles. The highest BCUT2D eigenvalue weighted by molar-refractivity contribution is 6.55. The van der Waals surface area contributed by atoms with Crippen molar-refractivity contribution in [3.05, 3.63) is 67.9 Å². The Labute approximate surface area is 149 Å². The average Bonchev–Trinajstić information content (AvgIpc) is 3.15. The Morgan fingerprint density at radius 2 is 1.28 bits per heavy atom. The summed E-state index contributed by atoms with van der Waals surface area (Å²) in [5, 5.41) is 8.99. The molecule has 0 amide bonds. The molecule has 0 spiro atoms. The van der Waals surface area contributed by atoms with E-state index in [1.807, 2.05) is 7.05 Å². The van der Waals surface area contributed by atoms with Crippen molar-refractivity contribution in [3.63, 3.8) is 0 Å². The van der Waals surface area contributed by atoms with E-state index in [1.54, 1.807) is 0 Å². The summed E-state index contributed by atoms with van der Waals surface area (Å²) in [4.78, 5) is 4.63. The van der Waals surface area contributed by atoms with E-state index >= 15 is 0 Å². The van der Waals surface area contributed by atoms with Crippen molar-refractivity contribution >= 4 is 11.4 Å². The lowest BCUT2D eigenvalue weighted by Crippen LogP contribution is -2.30. The molecule has 0 saturated heterocycles. The van der Waals surface area contributed by atoms with Gasteiger partial charge in [-0.1, -0.05) is 23.3 Å². The predicted molar refractivity (Wildman–Crippen MR) is 104 cm³/mol. The monoisotopic (exact) mass is 328 g/mol. The topological polar surface area (TPSA) is 36.2 Å². The van der Waals surface area contributed by atoms with Gasteiger partial charge >= 0.3 is 0 Å². The molecule has 2 heteroatoms. The summed E-state index contributed by atoms with van der Waals surface area (Å²) in [7, 11) is 1.86. The number of rotatable bonds is 0. The molecule has 0 bridgehead atoms. The third-order valence-corrected chi connectivity index (χ3v) is 6.34. The van der Waals surface area contributed by atoms with Gasteiger partial charge in [-0.3, -0.25) is 10.4 Å². The molecule has 0 heterocycles. The Kier molecular flexibility index (Phi) is 3.10. The van der Waals surface area contributed by atoms with Crippen LogP contribution < -0.4 is 0 Å². The molecule has 0 unspecified atom stereocenters. The van der Waals surface area contributed by atoms with Crippen LogP contribution in [-0.4, -0.2) is 18.5 Å². The zero-order valence-electron chi connectivity index (χ0n) is 15.3. The summed E-state index contributed by atoms with van der Waals surface area (Å²) in [6, 6.07) is 0. The van der Waals surface area contributed by atoms with Gasteiger partial charge in [-0.15, -0.1) is 0 Å². The molecule has 5 aliphatic rings. The molecule has 25 heavy (non-hydrogen) atoms. The molecule has 0 fully saturated rings. The van der Waals surface area contributed by atoms with Crippen LogP contribution in [0, 0.1) is 5.41 Å². The van der Waals surface area contributed by atoms with Gasteiger partial charge in [0.2, 0.25) is 0 Å². The fraction of sp³-hybridized carbons (Fsp3) is 0.391. The summed E-state index contributed by atoms with van der Waals surface area (Å²) in [5.41, 5.74) is 15.8. The first-order chi connectivity index (χ1) is 12.1. The lowest BCUT2D eigenvalue weighted by molar-refractivity contribution is 0.837. The summed E-state index contributed by atoms with van der Waals surface area (Å²) in [5.74, 6) is 0. The van der Waals surface area contributed by atoms with Crippen LogP contribution in [0.25, 0.3) is 0 Å². The van der Waals surface area contributed by atoms with Crippen molar-refractivity contribution in [2.75, 3.05) is 7.05 Å². The van der Waals surface area contributed by atoms with E-state index < -0.39 is 0 Å². The summed E-state index contributed by atoms with van der Waals surface area (Å²) < 4.78 is 0. The van der Waals surface area contributed by atoms with Crippen molar-refractivity contribution in [3.8, 4) is 0 Å². The minimum absolute atomic E-state index is 0.671. The van der Waals surface area contributed by atoms with Crippen molar-refractivity contribution in [2.24, 2.45) is 4.99 Å². The summed E-state index contributed by atoms with van der Waals surface area (Å²) in [6.07, 6.45) is 11.3. The second kappa shape index (κ2) is 5.14. The van der Waals surface area contributed by atoms with Crippen LogP contribution in [0.1, 0.15) is 52.4 Å². The van der Waals surface area contributed by atoms with Gasteiger partial charge in [0.15, 0.2) is 0 Å². The second-order valence-corrected chi connectivity index (χ2v) is 8.00. The van der Waals surface area contributed by atoms with Crippen LogP contribution in [-0.2, 0) is 0 Å². The Balaban J connectivity index is 1.73. The third-order valence-electron chi connectivity index (χ3n) is 6.34. The molecule has 5 rings (SSSR count). The second-order valence-electron chi connectivity index (χ2n) is 8.00. The van der Waals surface area contributed by atoms with Crippen LogP contribution in [0.5, 0.6) is 0 Å². The average molecular weight is 328 g/mol. The first-order valence-corrected chi connectivity index (χ1v) is 9.40. The van der Waals surface area contributed by atoms with E-state index in [-0.39, 0.29) is 0 Å². The van der Waals surface area contributed by atoms with Crippen LogP contribution >= 0.6 is 0 Å². The standard InChI is InChI=1S/C23H24N2/c1-12-8-14-4-6-16-17-7-5-15-9-13(2)11-19(15)21(17)23(25-3)22(24)20(16)18(14)10-12/h8-9,24H,4-7,10-11H2,1-3H3/b24-22?,25-23-. The molecule has 0 radical (unpaired) electrons. The zero-order chi connectivity index (χ0) is 17.3. The fourth-order valence-electron chi connectivity index (χ4n) is 5.39. The Hall–Kier alpha value is -2.22. The molecule has 2 nitrogen and oxygen atoms in total. The van der Waals surface area contributed by atoms with E-state index in [2.05, 4.69) is 31.0 Å². The molecule has 1 N–H and O–H groups in total. The minimum atomic E-state index is 0.671. The predicted octanol–water partition coefficient (Wildman–Crippen LogP) is 5.56. The van der Waals surface area contributed by atoms with Gasteiger partial charge < -0.3 is 0 Å². The molecule has 0 saturated carbocycles. The maximum Gasteiger partial charge on any atom is 0.0904 e. The number of allylic oxidation sites excluding steroid dienone is 12. The lowest BCUT2D eigenvalue weighted by atomic mass is 9.69. The zero-order valence-corrected chi connectivity index (χ0v) is 15.3. The molecule has 5 aliphatic carbocycles. The number of fused-ring (bicyclic) bond motifs is 3. The van der Waals surface area contributed by atoms with E-state index in [4.69, 9.17) is 5.41 Å². The van der Waals surface area contributed by atoms with Crippen molar-refractivity contribution in [1.82, 2.24) is 0 Å². The van der Waals surface area contributed by atoms with E-state index in [0.29, 0.717) is 5.71 Å². The SMILES string of the molecule is C/N=C1\C(=N)C2=C(CCC3=C2CC(C)=C3)C2=C1C1=C(C=C(C)C1)CC2. The smallest absolute Gasteiger partial charge is 0.0904 e. The number of hydrogen-bond donors (Lipinski definition) is 1. The van der Waals surface area contributed by atoms with E-state index in [1.165, 1.54) is 55.7 Å². The van der Waals surface area contributed by atoms with Gasteiger partial charge in [-0.2, -0.15) is 0 Å². The summed E-state index contributed by atoms with van der Waals surface area (Å²) in [6.45, 7) is 4.44. The van der Waals surface area contributed by atoms with Crippen LogP contribution in [0.15, 0.2) is 72.9 Å². The highest BCUT2D eigenvalue weighted by Gasteiger charge is 2.39. The Morgan fingerprint density at radius 3 is 1.84 bits per heavy atom. The number of nitrogens with one attached hydrogen (secondary N) is 1. The van der Waals surface area contributed by atoms with Crippen molar-refractivity contribution in [2.45, 2.75) is 52.4 Å². The summed E-state index contributed by atoms with van der Waals surface area (Å²) >= 11 is 0. The molecule has 0 atom stereocenters. The first kappa shape index (κ1) is 15.1. The molecule has 0 aliphatic heterocycles. The highest BCUT2D eigenvalue weighted by atomic mass is 14.7. The van der Waals surface area contributed by atoms with Crippen molar-refractivity contribution < 1.29 is 0 Å². The van der Waals surface area contributed by atoms with Crippen molar-refractivity contribution in [1.29, 1.82) is 5.41 Å². The minimum Gasteiger partial charge on any atom is -0.298 e. The molecule has 0 aromatic rings. The largest absolute Gasteiger partial charge is 0.298 e. The van der Waals surface area contributed by atoms with E-state index in [9.17, 15) is 0 Å². The maximum absolute atomic E-state index is 8.99. The molecular formula is C23H24N2. The van der Waals surface area contributed by atoms with Crippen LogP contribution in [0.3, 0.4) is 0 Å². The van der Waals surface area contributed by atoms with Gasteiger partial charge in [-0.25, -0.2) is 0 Å². The lowest BCUT2D eigenvalue weighted by Gasteiger charge is -2.35. The molecular weight excluding hydrogens is 304 g/mol. The van der Waals surface area contributed by atoms with E-state index in [0.717, 1.165) is 44.2 Å². The van der Waals surface area contributed by atoms with Crippen LogP contribution in [0.4, 0.5) is 0 Å². The number of hydrogen-bond acceptors (Lipinski definition) is 2. The Bertz CT molecular complexity index is 968. The van der Waals surface area contributed by atoms with Gasteiger partial charge in [0.1, 0.15) is 0 Å². The highest BCUT2D eigenvalue weighted by Crippen LogP contribution is 2.50. The molecule has 126 valence electrons. The van der Waals surface area contributed by atoms with Gasteiger partial charge in [0.05, 0.1) is 11.4 Å². The van der Waals surface area contributed by atoms with Gasteiger partial charge in [0.25, 0.3) is 0 Å². The quantitative estimate of drug-likeness (QED) is 0.565.